The molecule has 1 saturated heterocycles. The maximum atomic E-state index is 4.22. The van der Waals surface area contributed by atoms with E-state index >= 15 is 0 Å². The Morgan fingerprint density at radius 2 is 2.44 bits per heavy atom. The Kier molecular flexibility index (Phi) is 2.53. The van der Waals surface area contributed by atoms with Gasteiger partial charge in [0.2, 0.25) is 0 Å². The van der Waals surface area contributed by atoms with Crippen LogP contribution in [0.15, 0.2) is 24.4 Å². The zero-order chi connectivity index (χ0) is 11.0. The summed E-state index contributed by atoms with van der Waals surface area (Å²) >= 11 is 1.57. The second kappa shape index (κ2) is 4.03. The van der Waals surface area contributed by atoms with E-state index in [-0.39, 0.29) is 0 Å². The third-order valence-corrected chi connectivity index (χ3v) is 3.93. The molecule has 2 aromatic rings. The van der Waals surface area contributed by atoms with Gasteiger partial charge in [-0.2, -0.15) is 4.37 Å². The van der Waals surface area contributed by atoms with Gasteiger partial charge in [-0.3, -0.25) is 0 Å². The number of hydrogen-bond acceptors (Lipinski definition) is 4. The average Bonchev–Trinajstić information content (AvgIpc) is 2.76. The zero-order valence-corrected chi connectivity index (χ0v) is 10.1. The van der Waals surface area contributed by atoms with E-state index < -0.39 is 0 Å². The molecule has 2 heterocycles. The molecule has 1 atom stereocenters. The molecule has 1 aromatic heterocycles. The van der Waals surface area contributed by atoms with Crippen molar-refractivity contribution in [1.29, 1.82) is 0 Å². The van der Waals surface area contributed by atoms with Crippen LogP contribution < -0.4 is 10.2 Å². The molecule has 16 heavy (non-hydrogen) atoms. The van der Waals surface area contributed by atoms with Crippen LogP contribution in [0.1, 0.15) is 6.92 Å². The fourth-order valence-electron chi connectivity index (χ4n) is 2.25. The number of anilines is 1. The van der Waals surface area contributed by atoms with E-state index in [0.29, 0.717) is 6.04 Å². The van der Waals surface area contributed by atoms with Crippen molar-refractivity contribution in [2.75, 3.05) is 24.5 Å². The molecule has 1 aliphatic heterocycles. The highest BCUT2D eigenvalue weighted by molar-refractivity contribution is 7.13. The minimum atomic E-state index is 0.569. The van der Waals surface area contributed by atoms with Gasteiger partial charge in [0.25, 0.3) is 0 Å². The molecule has 3 rings (SSSR count). The minimum Gasteiger partial charge on any atom is -0.366 e. The molecule has 84 valence electrons. The van der Waals surface area contributed by atoms with Gasteiger partial charge in [0.15, 0.2) is 0 Å². The number of hydrogen-bond donors (Lipinski definition) is 1. The van der Waals surface area contributed by atoms with Crippen LogP contribution >= 0.6 is 11.5 Å². The topological polar surface area (TPSA) is 28.2 Å². The van der Waals surface area contributed by atoms with Gasteiger partial charge in [-0.15, -0.1) is 0 Å². The summed E-state index contributed by atoms with van der Waals surface area (Å²) in [5.41, 5.74) is 1.32. The maximum absolute atomic E-state index is 4.22. The molecule has 0 aliphatic carbocycles. The predicted molar refractivity (Wildman–Crippen MR) is 69.3 cm³/mol. The second-order valence-corrected chi connectivity index (χ2v) is 5.13. The molecule has 1 aromatic carbocycles. The summed E-state index contributed by atoms with van der Waals surface area (Å²) in [4.78, 5) is 2.47. The van der Waals surface area contributed by atoms with Crippen LogP contribution in [0.3, 0.4) is 0 Å². The molecule has 0 amide bonds. The van der Waals surface area contributed by atoms with Crippen molar-refractivity contribution in [3.8, 4) is 0 Å². The molecule has 0 radical (unpaired) electrons. The summed E-state index contributed by atoms with van der Waals surface area (Å²) in [6.07, 6.45) is 1.94. The van der Waals surface area contributed by atoms with Crippen LogP contribution in [0.2, 0.25) is 0 Å². The number of benzene rings is 1. The van der Waals surface area contributed by atoms with Crippen molar-refractivity contribution < 1.29 is 0 Å². The highest BCUT2D eigenvalue weighted by atomic mass is 32.1. The van der Waals surface area contributed by atoms with E-state index in [1.54, 1.807) is 11.5 Å². The molecule has 0 saturated carbocycles. The third-order valence-electron chi connectivity index (χ3n) is 3.17. The van der Waals surface area contributed by atoms with Crippen molar-refractivity contribution in [1.82, 2.24) is 9.69 Å². The second-order valence-electron chi connectivity index (χ2n) is 4.29. The molecular formula is C12H15N3S. The first kappa shape index (κ1) is 10.1. The fraction of sp³-hybridized carbons (Fsp3) is 0.417. The predicted octanol–water partition coefficient (Wildman–Crippen LogP) is 2.09. The fourth-order valence-corrected chi connectivity index (χ4v) is 2.93. The van der Waals surface area contributed by atoms with Crippen molar-refractivity contribution in [3.63, 3.8) is 0 Å². The molecule has 1 fully saturated rings. The van der Waals surface area contributed by atoms with Gasteiger partial charge in [0.1, 0.15) is 0 Å². The highest BCUT2D eigenvalue weighted by Gasteiger charge is 2.18. The van der Waals surface area contributed by atoms with Crippen LogP contribution in [-0.4, -0.2) is 30.0 Å². The third kappa shape index (κ3) is 1.68. The number of piperazine rings is 1. The van der Waals surface area contributed by atoms with E-state index in [1.807, 2.05) is 6.20 Å². The van der Waals surface area contributed by atoms with Gasteiger partial charge in [-0.1, -0.05) is 0 Å². The normalized spacial score (nSPS) is 21.6. The van der Waals surface area contributed by atoms with Crippen molar-refractivity contribution >= 4 is 27.3 Å². The molecule has 3 nitrogen and oxygen atoms in total. The van der Waals surface area contributed by atoms with Gasteiger partial charge < -0.3 is 10.2 Å². The number of rotatable bonds is 1. The Balaban J connectivity index is 1.97. The first-order chi connectivity index (χ1) is 7.84. The van der Waals surface area contributed by atoms with E-state index in [4.69, 9.17) is 0 Å². The number of nitrogens with one attached hydrogen (secondary N) is 1. The average molecular weight is 233 g/mol. The molecule has 1 unspecified atom stereocenters. The van der Waals surface area contributed by atoms with Crippen LogP contribution in [0.25, 0.3) is 10.1 Å². The lowest BCUT2D eigenvalue weighted by Crippen LogP contribution is -2.49. The lowest BCUT2D eigenvalue weighted by Gasteiger charge is -2.35. The van der Waals surface area contributed by atoms with E-state index in [2.05, 4.69) is 39.7 Å². The molecule has 1 N–H and O–H groups in total. The Morgan fingerprint density at radius 1 is 1.50 bits per heavy atom. The Morgan fingerprint density at radius 3 is 3.31 bits per heavy atom. The van der Waals surface area contributed by atoms with Crippen LogP contribution in [0.5, 0.6) is 0 Å². The highest BCUT2D eigenvalue weighted by Crippen LogP contribution is 2.26. The number of aromatic nitrogens is 1. The van der Waals surface area contributed by atoms with E-state index in [9.17, 15) is 0 Å². The standard InChI is InChI=1S/C12H15N3S/c1-9-7-13-4-5-15(9)11-3-2-10-8-14-16-12(10)6-11/h2-3,6,8-9,13H,4-5,7H2,1H3. The van der Waals surface area contributed by atoms with Crippen molar-refractivity contribution in [3.05, 3.63) is 24.4 Å². The van der Waals surface area contributed by atoms with Gasteiger partial charge in [-0.05, 0) is 36.7 Å². The zero-order valence-electron chi connectivity index (χ0n) is 9.31. The van der Waals surface area contributed by atoms with Crippen molar-refractivity contribution in [2.45, 2.75) is 13.0 Å². The van der Waals surface area contributed by atoms with Crippen molar-refractivity contribution in [2.24, 2.45) is 0 Å². The first-order valence-electron chi connectivity index (χ1n) is 5.66. The molecule has 1 aliphatic rings. The van der Waals surface area contributed by atoms with Gasteiger partial charge >= 0.3 is 0 Å². The maximum Gasteiger partial charge on any atom is 0.0570 e. The monoisotopic (exact) mass is 233 g/mol. The van der Waals surface area contributed by atoms with Crippen LogP contribution in [-0.2, 0) is 0 Å². The largest absolute Gasteiger partial charge is 0.366 e. The molecular weight excluding hydrogens is 218 g/mol. The lowest BCUT2D eigenvalue weighted by molar-refractivity contribution is 0.501. The minimum absolute atomic E-state index is 0.569. The first-order valence-corrected chi connectivity index (χ1v) is 6.44. The molecule has 0 spiro atoms. The summed E-state index contributed by atoms with van der Waals surface area (Å²) < 4.78 is 5.50. The van der Waals surface area contributed by atoms with Crippen LogP contribution in [0.4, 0.5) is 5.69 Å². The van der Waals surface area contributed by atoms with E-state index in [1.165, 1.54) is 15.8 Å². The van der Waals surface area contributed by atoms with Gasteiger partial charge in [0.05, 0.1) is 4.70 Å². The SMILES string of the molecule is CC1CNCCN1c1ccc2cnsc2c1. The Hall–Kier alpha value is -1.13. The van der Waals surface area contributed by atoms with Gasteiger partial charge in [-0.25, -0.2) is 0 Å². The summed E-state index contributed by atoms with van der Waals surface area (Å²) in [6, 6.07) is 7.20. The molecule has 4 heteroatoms. The number of nitrogens with zero attached hydrogens (tertiary/aromatic N) is 2. The van der Waals surface area contributed by atoms with Crippen LogP contribution in [0, 0.1) is 0 Å². The molecule has 0 bridgehead atoms. The number of fused-ring (bicyclic) bond motifs is 1. The smallest absolute Gasteiger partial charge is 0.0570 e. The Labute approximate surface area is 99.2 Å². The summed E-state index contributed by atoms with van der Waals surface area (Å²) in [5, 5.41) is 4.66. The van der Waals surface area contributed by atoms with Gasteiger partial charge in [0, 0.05) is 42.9 Å². The van der Waals surface area contributed by atoms with E-state index in [0.717, 1.165) is 19.6 Å². The Bertz CT molecular complexity index is 494. The summed E-state index contributed by atoms with van der Waals surface area (Å²) in [6.45, 7) is 5.50. The summed E-state index contributed by atoms with van der Waals surface area (Å²) in [5.74, 6) is 0. The quantitative estimate of drug-likeness (QED) is 0.817. The lowest BCUT2D eigenvalue weighted by atomic mass is 10.1. The summed E-state index contributed by atoms with van der Waals surface area (Å²) in [7, 11) is 0.